The smallest absolute Gasteiger partial charge is 0.302 e. The molecular weight excluding hydrogens is 340 g/mol. The van der Waals surface area contributed by atoms with E-state index in [9.17, 15) is 14.4 Å². The third-order valence-electron chi connectivity index (χ3n) is 8.59. The van der Waals surface area contributed by atoms with Gasteiger partial charge in [-0.05, 0) is 75.5 Å². The molecule has 0 aromatic rings. The van der Waals surface area contributed by atoms with Crippen LogP contribution in [0.1, 0.15) is 86.0 Å². The van der Waals surface area contributed by atoms with Gasteiger partial charge in [0, 0.05) is 31.1 Å². The molecule has 0 amide bonds. The maximum atomic E-state index is 12.9. The molecule has 3 aliphatic rings. The maximum Gasteiger partial charge on any atom is 0.302 e. The molecule has 152 valence electrons. The number of Topliss-reactive ketones (excluding diaryl/α,β-unsaturated/α-hetero) is 2. The van der Waals surface area contributed by atoms with Crippen LogP contribution >= 0.6 is 0 Å². The third kappa shape index (κ3) is 3.49. The quantitative estimate of drug-likeness (QED) is 0.651. The zero-order valence-corrected chi connectivity index (χ0v) is 17.7. The van der Waals surface area contributed by atoms with Crippen molar-refractivity contribution in [2.45, 2.75) is 92.1 Å². The van der Waals surface area contributed by atoms with Crippen molar-refractivity contribution >= 4 is 17.5 Å². The van der Waals surface area contributed by atoms with Gasteiger partial charge in [0.15, 0.2) is 0 Å². The van der Waals surface area contributed by atoms with Gasteiger partial charge in [0.1, 0.15) is 17.7 Å². The minimum Gasteiger partial charge on any atom is -0.463 e. The van der Waals surface area contributed by atoms with Crippen LogP contribution in [-0.4, -0.2) is 23.6 Å². The van der Waals surface area contributed by atoms with Crippen LogP contribution in [0.5, 0.6) is 0 Å². The normalized spacial score (nSPS) is 42.2. The molecule has 3 saturated carbocycles. The van der Waals surface area contributed by atoms with Crippen molar-refractivity contribution in [1.82, 2.24) is 0 Å². The Hall–Kier alpha value is -1.19. The van der Waals surface area contributed by atoms with E-state index in [-0.39, 0.29) is 28.7 Å². The van der Waals surface area contributed by atoms with Gasteiger partial charge in [-0.15, -0.1) is 0 Å². The van der Waals surface area contributed by atoms with E-state index in [1.807, 2.05) is 6.92 Å². The Kier molecular flexibility index (Phi) is 5.58. The van der Waals surface area contributed by atoms with Gasteiger partial charge in [-0.1, -0.05) is 13.8 Å². The largest absolute Gasteiger partial charge is 0.463 e. The second-order valence-electron chi connectivity index (χ2n) is 10.0. The fourth-order valence-corrected chi connectivity index (χ4v) is 7.19. The monoisotopic (exact) mass is 376 g/mol. The van der Waals surface area contributed by atoms with Gasteiger partial charge in [-0.25, -0.2) is 0 Å². The number of esters is 1. The van der Waals surface area contributed by atoms with Crippen LogP contribution in [0.4, 0.5) is 0 Å². The first-order valence-corrected chi connectivity index (χ1v) is 10.8. The number of rotatable bonds is 5. The molecule has 0 saturated heterocycles. The zero-order valence-electron chi connectivity index (χ0n) is 17.7. The summed E-state index contributed by atoms with van der Waals surface area (Å²) in [5.41, 5.74) is -0.145. The van der Waals surface area contributed by atoms with E-state index in [0.717, 1.165) is 25.7 Å². The van der Waals surface area contributed by atoms with Gasteiger partial charge in [-0.2, -0.15) is 0 Å². The number of hydrogen-bond donors (Lipinski definition) is 0. The molecule has 3 fully saturated rings. The van der Waals surface area contributed by atoms with Crippen LogP contribution in [0.3, 0.4) is 0 Å². The lowest BCUT2D eigenvalue weighted by molar-refractivity contribution is -0.156. The summed E-state index contributed by atoms with van der Waals surface area (Å²) in [6.45, 7) is 9.70. The Morgan fingerprint density at radius 3 is 2.44 bits per heavy atom. The number of ether oxygens (including phenoxy) is 1. The number of ketones is 2. The van der Waals surface area contributed by atoms with Gasteiger partial charge in [0.25, 0.3) is 0 Å². The summed E-state index contributed by atoms with van der Waals surface area (Å²) in [7, 11) is 0. The first-order chi connectivity index (χ1) is 12.6. The Morgan fingerprint density at radius 1 is 1.11 bits per heavy atom. The first-order valence-electron chi connectivity index (χ1n) is 10.8. The molecule has 0 bridgehead atoms. The predicted molar refractivity (Wildman–Crippen MR) is 104 cm³/mol. The predicted octanol–water partition coefficient (Wildman–Crippen LogP) is 4.74. The van der Waals surface area contributed by atoms with Crippen molar-refractivity contribution in [2.24, 2.45) is 34.5 Å². The van der Waals surface area contributed by atoms with Crippen molar-refractivity contribution in [1.29, 1.82) is 0 Å². The molecule has 27 heavy (non-hydrogen) atoms. The molecule has 0 radical (unpaired) electrons. The maximum absolute atomic E-state index is 12.9. The first kappa shape index (κ1) is 20.5. The highest BCUT2D eigenvalue weighted by Crippen LogP contribution is 2.65. The second kappa shape index (κ2) is 7.33. The van der Waals surface area contributed by atoms with Crippen molar-refractivity contribution < 1.29 is 19.1 Å². The van der Waals surface area contributed by atoms with E-state index < -0.39 is 0 Å². The molecule has 4 heteroatoms. The average molecular weight is 377 g/mol. The lowest BCUT2D eigenvalue weighted by Crippen LogP contribution is -2.53. The van der Waals surface area contributed by atoms with E-state index in [1.54, 1.807) is 6.92 Å². The van der Waals surface area contributed by atoms with E-state index in [4.69, 9.17) is 4.74 Å². The van der Waals surface area contributed by atoms with Crippen LogP contribution in [-0.2, 0) is 19.1 Å². The fourth-order valence-electron chi connectivity index (χ4n) is 7.19. The molecular formula is C23H36O4. The summed E-state index contributed by atoms with van der Waals surface area (Å²) < 4.78 is 5.58. The van der Waals surface area contributed by atoms with Crippen LogP contribution in [0, 0.1) is 34.5 Å². The minimum atomic E-state index is -0.338. The molecule has 3 aliphatic carbocycles. The lowest BCUT2D eigenvalue weighted by Gasteiger charge is -2.56. The lowest BCUT2D eigenvalue weighted by atomic mass is 9.48. The van der Waals surface area contributed by atoms with Crippen molar-refractivity contribution in [3.63, 3.8) is 0 Å². The Bertz CT molecular complexity index is 626. The van der Waals surface area contributed by atoms with E-state index in [1.165, 1.54) is 13.3 Å². The summed E-state index contributed by atoms with van der Waals surface area (Å²) in [4.78, 5) is 35.9. The Morgan fingerprint density at radius 2 is 1.81 bits per heavy atom. The van der Waals surface area contributed by atoms with E-state index in [0.29, 0.717) is 48.7 Å². The van der Waals surface area contributed by atoms with Gasteiger partial charge >= 0.3 is 5.97 Å². The molecule has 7 atom stereocenters. The van der Waals surface area contributed by atoms with Crippen molar-refractivity contribution in [3.05, 3.63) is 0 Å². The number of carbonyl (C=O) groups excluding carboxylic acids is 3. The SMILES string of the molecule is CC(=O)CC[C@]1(C)C(=O)CC[C@@H]2[C@H]1CC[C@]1(C)[C@@H]([C@H](C)OC(C)=O)CC[C@@H]21. The molecule has 0 spiro atoms. The highest BCUT2D eigenvalue weighted by Gasteiger charge is 2.60. The summed E-state index contributed by atoms with van der Waals surface area (Å²) in [5.74, 6) is 2.34. The van der Waals surface area contributed by atoms with Crippen molar-refractivity contribution in [3.8, 4) is 0 Å². The minimum absolute atomic E-state index is 0.0385. The molecule has 0 N–H and O–H groups in total. The Balaban J connectivity index is 1.82. The second-order valence-corrected chi connectivity index (χ2v) is 10.0. The molecule has 0 heterocycles. The van der Waals surface area contributed by atoms with Gasteiger partial charge in [0.2, 0.25) is 0 Å². The van der Waals surface area contributed by atoms with Crippen LogP contribution in [0.2, 0.25) is 0 Å². The topological polar surface area (TPSA) is 60.4 Å². The zero-order chi connectivity index (χ0) is 20.0. The molecule has 0 unspecified atom stereocenters. The summed E-state index contributed by atoms with van der Waals surface area (Å²) in [6, 6.07) is 0. The molecule has 3 rings (SSSR count). The molecule has 4 nitrogen and oxygen atoms in total. The standard InChI is InChI=1S/C23H36O4/c1-14(24)10-12-23(5)20-11-13-22(4)18(15(2)27-16(3)25)7-8-19(22)17(20)6-9-21(23)26/h15,17-20H,6-13H2,1-5H3/t15-,17-,18+,19-,20+,22+,23-/m0/s1. The van der Waals surface area contributed by atoms with Gasteiger partial charge < -0.3 is 9.53 Å². The van der Waals surface area contributed by atoms with Crippen LogP contribution in [0.25, 0.3) is 0 Å². The molecule has 0 aromatic heterocycles. The summed E-state index contributed by atoms with van der Waals surface area (Å²) in [6.07, 6.45) is 7.27. The highest BCUT2D eigenvalue weighted by molar-refractivity contribution is 5.86. The summed E-state index contributed by atoms with van der Waals surface area (Å²) >= 11 is 0. The number of fused-ring (bicyclic) bond motifs is 3. The van der Waals surface area contributed by atoms with Crippen LogP contribution < -0.4 is 0 Å². The third-order valence-corrected chi connectivity index (χ3v) is 8.59. The number of hydrogen-bond acceptors (Lipinski definition) is 4. The Labute approximate surface area is 163 Å². The average Bonchev–Trinajstić information content (AvgIpc) is 2.93. The highest BCUT2D eigenvalue weighted by atomic mass is 16.5. The van der Waals surface area contributed by atoms with Crippen molar-refractivity contribution in [2.75, 3.05) is 0 Å². The van der Waals surface area contributed by atoms with Gasteiger partial charge in [-0.3, -0.25) is 9.59 Å². The fraction of sp³-hybridized carbons (Fsp3) is 0.870. The van der Waals surface area contributed by atoms with Crippen LogP contribution in [0.15, 0.2) is 0 Å². The van der Waals surface area contributed by atoms with Gasteiger partial charge in [0.05, 0.1) is 0 Å². The summed E-state index contributed by atoms with van der Waals surface area (Å²) in [5, 5.41) is 0. The van der Waals surface area contributed by atoms with E-state index in [2.05, 4.69) is 13.8 Å². The number of carbonyl (C=O) groups is 3. The molecule has 0 aliphatic heterocycles. The van der Waals surface area contributed by atoms with E-state index >= 15 is 0 Å². The molecule has 0 aromatic carbocycles.